The Balaban J connectivity index is 1.86. The van der Waals surface area contributed by atoms with Gasteiger partial charge in [-0.2, -0.15) is 4.98 Å². The number of nitrogens with zero attached hydrogens (tertiary/aromatic N) is 5. The number of aromatic nitrogens is 5. The first kappa shape index (κ1) is 19.2. The summed E-state index contributed by atoms with van der Waals surface area (Å²) in [5.41, 5.74) is 2.19. The molecule has 0 saturated heterocycles. The first-order valence-corrected chi connectivity index (χ1v) is 10.8. The number of imidazole rings is 2. The van der Waals surface area contributed by atoms with Crippen molar-refractivity contribution in [3.8, 4) is 11.3 Å². The van der Waals surface area contributed by atoms with Crippen molar-refractivity contribution >= 4 is 28.5 Å². The SMILES string of the molecule is Cn1c(=O)c2c(nc3n(C4CCCCCC4)c(-c4ccc(Cl)cc4)cn23)n(C)c1=O. The molecule has 1 saturated carbocycles. The molecule has 0 radical (unpaired) electrons. The Morgan fingerprint density at radius 1 is 0.967 bits per heavy atom. The summed E-state index contributed by atoms with van der Waals surface area (Å²) in [4.78, 5) is 30.2. The zero-order chi connectivity index (χ0) is 21.0. The Bertz CT molecular complexity index is 1370. The number of hydrogen-bond acceptors (Lipinski definition) is 3. The molecule has 1 aliphatic carbocycles. The Kier molecular flexibility index (Phi) is 4.58. The van der Waals surface area contributed by atoms with Gasteiger partial charge in [-0.25, -0.2) is 4.79 Å². The van der Waals surface area contributed by atoms with Crippen LogP contribution in [0.1, 0.15) is 44.6 Å². The molecule has 8 heteroatoms. The van der Waals surface area contributed by atoms with Crippen LogP contribution < -0.4 is 11.2 Å². The molecular weight excluding hydrogens is 402 g/mol. The summed E-state index contributed by atoms with van der Waals surface area (Å²) in [7, 11) is 3.17. The first-order chi connectivity index (χ1) is 14.5. The van der Waals surface area contributed by atoms with Gasteiger partial charge in [0.25, 0.3) is 5.56 Å². The van der Waals surface area contributed by atoms with Crippen molar-refractivity contribution in [2.75, 3.05) is 0 Å². The summed E-state index contributed by atoms with van der Waals surface area (Å²) in [6.45, 7) is 0. The number of aryl methyl sites for hydroxylation is 1. The van der Waals surface area contributed by atoms with Gasteiger partial charge < -0.3 is 4.57 Å². The zero-order valence-corrected chi connectivity index (χ0v) is 17.9. The lowest BCUT2D eigenvalue weighted by Gasteiger charge is -2.19. The molecule has 0 aliphatic heterocycles. The Hall–Kier alpha value is -2.80. The molecule has 5 rings (SSSR count). The van der Waals surface area contributed by atoms with Gasteiger partial charge in [-0.05, 0) is 30.5 Å². The molecule has 0 amide bonds. The standard InChI is InChI=1S/C22H24ClN5O2/c1-25-19-18(20(29)26(2)22(25)30)27-13-17(14-9-11-15(23)12-10-14)28(21(27)24-19)16-7-5-3-4-6-8-16/h9-13,16H,3-8H2,1-2H3. The summed E-state index contributed by atoms with van der Waals surface area (Å²) in [6.07, 6.45) is 8.97. The molecule has 7 nitrogen and oxygen atoms in total. The Morgan fingerprint density at radius 3 is 2.30 bits per heavy atom. The normalized spacial score (nSPS) is 15.8. The van der Waals surface area contributed by atoms with Crippen molar-refractivity contribution < 1.29 is 0 Å². The predicted molar refractivity (Wildman–Crippen MR) is 118 cm³/mol. The van der Waals surface area contributed by atoms with Gasteiger partial charge in [-0.1, -0.05) is 49.4 Å². The highest BCUT2D eigenvalue weighted by molar-refractivity contribution is 6.30. The van der Waals surface area contributed by atoms with Gasteiger partial charge in [0.15, 0.2) is 11.2 Å². The molecule has 30 heavy (non-hydrogen) atoms. The quantitative estimate of drug-likeness (QED) is 0.457. The highest BCUT2D eigenvalue weighted by Gasteiger charge is 2.25. The van der Waals surface area contributed by atoms with Crippen LogP contribution in [-0.4, -0.2) is 23.1 Å². The molecule has 3 heterocycles. The smallest absolute Gasteiger partial charge is 0.306 e. The van der Waals surface area contributed by atoms with Crippen LogP contribution in [0.3, 0.4) is 0 Å². The van der Waals surface area contributed by atoms with Crippen LogP contribution in [0.5, 0.6) is 0 Å². The van der Waals surface area contributed by atoms with E-state index in [1.165, 1.54) is 37.3 Å². The lowest BCUT2D eigenvalue weighted by atomic mass is 10.1. The maximum atomic E-state index is 13.0. The van der Waals surface area contributed by atoms with Crippen molar-refractivity contribution in [3.05, 3.63) is 56.3 Å². The maximum Gasteiger partial charge on any atom is 0.332 e. The van der Waals surface area contributed by atoms with Gasteiger partial charge in [0.1, 0.15) is 0 Å². The van der Waals surface area contributed by atoms with Crippen molar-refractivity contribution in [1.82, 2.24) is 23.1 Å². The van der Waals surface area contributed by atoms with Gasteiger partial charge in [0.05, 0.1) is 5.69 Å². The third-order valence-corrected chi connectivity index (χ3v) is 6.58. The van der Waals surface area contributed by atoms with E-state index < -0.39 is 0 Å². The third kappa shape index (κ3) is 2.83. The fraction of sp³-hybridized carbons (Fsp3) is 0.409. The molecular formula is C22H24ClN5O2. The second kappa shape index (κ2) is 7.16. The van der Waals surface area contributed by atoms with Crippen LogP contribution >= 0.6 is 11.6 Å². The summed E-state index contributed by atoms with van der Waals surface area (Å²) >= 11 is 6.11. The minimum Gasteiger partial charge on any atom is -0.306 e. The van der Waals surface area contributed by atoms with Gasteiger partial charge in [0.2, 0.25) is 5.78 Å². The van der Waals surface area contributed by atoms with Crippen molar-refractivity contribution in [2.24, 2.45) is 14.1 Å². The number of rotatable bonds is 2. The fourth-order valence-corrected chi connectivity index (χ4v) is 4.82. The van der Waals surface area contributed by atoms with E-state index in [0.717, 1.165) is 28.7 Å². The van der Waals surface area contributed by atoms with Crippen molar-refractivity contribution in [3.63, 3.8) is 0 Å². The van der Waals surface area contributed by atoms with Crippen LogP contribution in [0, 0.1) is 0 Å². The summed E-state index contributed by atoms with van der Waals surface area (Å²) in [6, 6.07) is 8.06. The monoisotopic (exact) mass is 425 g/mol. The predicted octanol–water partition coefficient (Wildman–Crippen LogP) is 3.90. The third-order valence-electron chi connectivity index (χ3n) is 6.33. The van der Waals surface area contributed by atoms with E-state index in [1.54, 1.807) is 7.05 Å². The summed E-state index contributed by atoms with van der Waals surface area (Å²) < 4.78 is 6.70. The van der Waals surface area contributed by atoms with Gasteiger partial charge >= 0.3 is 5.69 Å². The second-order valence-electron chi connectivity index (χ2n) is 8.20. The van der Waals surface area contributed by atoms with Gasteiger partial charge in [0, 0.05) is 31.4 Å². The highest BCUT2D eigenvalue weighted by Crippen LogP contribution is 2.35. The van der Waals surface area contributed by atoms with Crippen LogP contribution in [-0.2, 0) is 14.1 Å². The molecule has 0 unspecified atom stereocenters. The largest absolute Gasteiger partial charge is 0.332 e. The van der Waals surface area contributed by atoms with Crippen molar-refractivity contribution in [1.29, 1.82) is 0 Å². The van der Waals surface area contributed by atoms with Crippen LogP contribution in [0.15, 0.2) is 40.1 Å². The minimum absolute atomic E-state index is 0.299. The van der Waals surface area contributed by atoms with E-state index >= 15 is 0 Å². The van der Waals surface area contributed by atoms with E-state index in [4.69, 9.17) is 16.6 Å². The molecule has 3 aromatic heterocycles. The van der Waals surface area contributed by atoms with Crippen LogP contribution in [0.4, 0.5) is 0 Å². The number of benzene rings is 1. The van der Waals surface area contributed by atoms with E-state index in [-0.39, 0.29) is 11.2 Å². The number of fused-ring (bicyclic) bond motifs is 3. The molecule has 0 N–H and O–H groups in total. The van der Waals surface area contributed by atoms with E-state index in [2.05, 4.69) is 4.57 Å². The lowest BCUT2D eigenvalue weighted by Crippen LogP contribution is -2.37. The molecule has 0 bridgehead atoms. The average molecular weight is 426 g/mol. The molecule has 0 spiro atoms. The molecule has 0 atom stereocenters. The van der Waals surface area contributed by atoms with Gasteiger partial charge in [-0.15, -0.1) is 0 Å². The fourth-order valence-electron chi connectivity index (χ4n) is 4.70. The minimum atomic E-state index is -0.368. The van der Waals surface area contributed by atoms with Crippen LogP contribution in [0.2, 0.25) is 5.02 Å². The highest BCUT2D eigenvalue weighted by atomic mass is 35.5. The lowest BCUT2D eigenvalue weighted by molar-refractivity contribution is 0.456. The van der Waals surface area contributed by atoms with Crippen LogP contribution in [0.25, 0.3) is 28.2 Å². The molecule has 156 valence electrons. The Labute approximate surface area is 178 Å². The van der Waals surface area contributed by atoms with E-state index in [0.29, 0.717) is 28.0 Å². The Morgan fingerprint density at radius 2 is 1.63 bits per heavy atom. The molecule has 1 aliphatic rings. The summed E-state index contributed by atoms with van der Waals surface area (Å²) in [5, 5.41) is 0.686. The number of halogens is 1. The summed E-state index contributed by atoms with van der Waals surface area (Å²) in [5.74, 6) is 0.708. The first-order valence-electron chi connectivity index (χ1n) is 10.4. The number of hydrogen-bond donors (Lipinski definition) is 0. The second-order valence-corrected chi connectivity index (χ2v) is 8.63. The van der Waals surface area contributed by atoms with Crippen molar-refractivity contribution in [2.45, 2.75) is 44.6 Å². The molecule has 1 aromatic carbocycles. The topological polar surface area (TPSA) is 66.2 Å². The van der Waals surface area contributed by atoms with E-state index in [1.807, 2.05) is 34.9 Å². The zero-order valence-electron chi connectivity index (χ0n) is 17.1. The maximum absolute atomic E-state index is 13.0. The average Bonchev–Trinajstić information content (AvgIpc) is 3.16. The van der Waals surface area contributed by atoms with E-state index in [9.17, 15) is 9.59 Å². The molecule has 1 fully saturated rings. The molecule has 4 aromatic rings. The van der Waals surface area contributed by atoms with Gasteiger partial charge in [-0.3, -0.25) is 18.3 Å².